The number of benzene rings is 1. The minimum atomic E-state index is -3.87. The Balaban J connectivity index is 3.11. The Bertz CT molecular complexity index is 551. The van der Waals surface area contributed by atoms with Gasteiger partial charge in [-0.1, -0.05) is 22.6 Å². The summed E-state index contributed by atoms with van der Waals surface area (Å²) in [5.41, 5.74) is 0.571. The monoisotopic (exact) mass is 222 g/mol. The largest absolute Gasteiger partial charge is 0.267 e. The zero-order chi connectivity index (χ0) is 11.3. The van der Waals surface area contributed by atoms with Crippen LogP contribution in [0.5, 0.6) is 0 Å². The predicted octanol–water partition coefficient (Wildman–Crippen LogP) is 0.724. The Morgan fingerprint density at radius 3 is 2.60 bits per heavy atom. The maximum Gasteiger partial charge on any atom is 0.267 e. The van der Waals surface area contributed by atoms with Gasteiger partial charge < -0.3 is 0 Å². The van der Waals surface area contributed by atoms with E-state index in [9.17, 15) is 13.2 Å². The van der Waals surface area contributed by atoms with Gasteiger partial charge in [-0.25, -0.2) is 13.2 Å². The van der Waals surface area contributed by atoms with E-state index in [4.69, 9.17) is 5.26 Å². The minimum absolute atomic E-state index is 0.252. The van der Waals surface area contributed by atoms with Crippen LogP contribution in [0.4, 0.5) is 0 Å². The highest BCUT2D eigenvalue weighted by molar-refractivity contribution is 7.89. The first-order valence-corrected chi connectivity index (χ1v) is 5.50. The van der Waals surface area contributed by atoms with Crippen LogP contribution in [0.15, 0.2) is 28.7 Å². The summed E-state index contributed by atoms with van der Waals surface area (Å²) < 4.78 is 24.9. The minimum Gasteiger partial charge on any atom is -0.210 e. The van der Waals surface area contributed by atoms with Gasteiger partial charge in [-0.3, -0.25) is 0 Å². The van der Waals surface area contributed by atoms with Crippen LogP contribution in [0.3, 0.4) is 0 Å². The molecule has 0 aliphatic heterocycles. The zero-order valence-corrected chi connectivity index (χ0v) is 8.36. The molecule has 0 fully saturated rings. The van der Waals surface area contributed by atoms with Crippen LogP contribution in [0.2, 0.25) is 0 Å². The fourth-order valence-corrected chi connectivity index (χ4v) is 1.86. The lowest BCUT2D eigenvalue weighted by molar-refractivity contribution is 0.563. The molecular formula is C9H6N2O3S. The lowest BCUT2D eigenvalue weighted by atomic mass is 10.1. The van der Waals surface area contributed by atoms with Crippen LogP contribution < -0.4 is 0 Å². The van der Waals surface area contributed by atoms with Crippen molar-refractivity contribution in [3.05, 3.63) is 35.4 Å². The number of sulfonamides is 1. The third-order valence-corrected chi connectivity index (χ3v) is 2.68. The molecule has 0 N–H and O–H groups in total. The second-order valence-electron chi connectivity index (χ2n) is 2.68. The average Bonchev–Trinajstić information content (AvgIpc) is 2.17. The molecule has 0 saturated heterocycles. The van der Waals surface area contributed by atoms with Gasteiger partial charge in [0, 0.05) is 0 Å². The van der Waals surface area contributed by atoms with Gasteiger partial charge in [0.1, 0.15) is 0 Å². The molecule has 0 saturated carbocycles. The lowest BCUT2D eigenvalue weighted by Gasteiger charge is -1.99. The van der Waals surface area contributed by atoms with Crippen molar-refractivity contribution in [1.82, 2.24) is 0 Å². The molecule has 0 aromatic heterocycles. The number of hydrogen-bond donors (Lipinski definition) is 0. The maximum atomic E-state index is 11.1. The van der Waals surface area contributed by atoms with Crippen molar-refractivity contribution in [2.75, 3.05) is 0 Å². The smallest absolute Gasteiger partial charge is 0.210 e. The summed E-state index contributed by atoms with van der Waals surface area (Å²) in [5.74, 6) is -0.466. The predicted molar refractivity (Wildman–Crippen MR) is 51.9 cm³/mol. The number of nitriles is 1. The van der Waals surface area contributed by atoms with E-state index in [2.05, 4.69) is 4.40 Å². The summed E-state index contributed by atoms with van der Waals surface area (Å²) >= 11 is 0. The number of rotatable bonds is 3. The summed E-state index contributed by atoms with van der Waals surface area (Å²) in [6.45, 7) is 0. The highest BCUT2D eigenvalue weighted by Crippen LogP contribution is 2.12. The number of isocyanates is 1. The first-order valence-electron chi connectivity index (χ1n) is 3.89. The first kappa shape index (κ1) is 11.1. The third-order valence-electron chi connectivity index (χ3n) is 1.65. The van der Waals surface area contributed by atoms with E-state index in [1.165, 1.54) is 12.1 Å². The number of hydrogen-bond acceptors (Lipinski definition) is 4. The number of nitrogens with zero attached hydrogens (tertiary/aromatic N) is 2. The molecule has 76 valence electrons. The Hall–Kier alpha value is -1.96. The van der Waals surface area contributed by atoms with Crippen molar-refractivity contribution in [2.24, 2.45) is 4.40 Å². The van der Waals surface area contributed by atoms with E-state index in [-0.39, 0.29) is 5.56 Å². The fourth-order valence-electron chi connectivity index (χ4n) is 1.04. The van der Waals surface area contributed by atoms with Gasteiger partial charge >= 0.3 is 0 Å². The van der Waals surface area contributed by atoms with E-state index in [1.807, 2.05) is 6.07 Å². The van der Waals surface area contributed by atoms with Crippen LogP contribution in [0.1, 0.15) is 11.1 Å². The van der Waals surface area contributed by atoms with Crippen molar-refractivity contribution >= 4 is 16.1 Å². The van der Waals surface area contributed by atoms with Crippen LogP contribution in [0.25, 0.3) is 0 Å². The van der Waals surface area contributed by atoms with Crippen molar-refractivity contribution in [3.8, 4) is 6.07 Å². The van der Waals surface area contributed by atoms with Crippen LogP contribution in [0, 0.1) is 11.3 Å². The van der Waals surface area contributed by atoms with E-state index in [0.29, 0.717) is 5.56 Å². The molecule has 15 heavy (non-hydrogen) atoms. The Labute approximate surface area is 86.7 Å². The molecule has 5 nitrogen and oxygen atoms in total. The molecule has 0 atom stereocenters. The molecule has 0 aliphatic rings. The van der Waals surface area contributed by atoms with Crippen molar-refractivity contribution in [2.45, 2.75) is 5.75 Å². The summed E-state index contributed by atoms with van der Waals surface area (Å²) in [7, 11) is -3.87. The van der Waals surface area contributed by atoms with Crippen LogP contribution in [-0.2, 0) is 20.6 Å². The maximum absolute atomic E-state index is 11.1. The van der Waals surface area contributed by atoms with Gasteiger partial charge in [-0.15, -0.1) is 0 Å². The molecule has 6 heteroatoms. The standard InChI is InChI=1S/C9H6N2O3S/c10-5-8-3-1-2-4-9(8)6-15(13,14)11-7-12/h1-4H,6H2. The van der Waals surface area contributed by atoms with Crippen LogP contribution >= 0.6 is 0 Å². The van der Waals surface area contributed by atoms with Crippen molar-refractivity contribution < 1.29 is 13.2 Å². The highest BCUT2D eigenvalue weighted by Gasteiger charge is 2.12. The van der Waals surface area contributed by atoms with Crippen molar-refractivity contribution in [1.29, 1.82) is 5.26 Å². The fraction of sp³-hybridized carbons (Fsp3) is 0.111. The molecular weight excluding hydrogens is 216 g/mol. The van der Waals surface area contributed by atoms with E-state index < -0.39 is 15.8 Å². The normalized spacial score (nSPS) is 10.1. The Morgan fingerprint density at radius 2 is 2.00 bits per heavy atom. The van der Waals surface area contributed by atoms with Crippen LogP contribution in [-0.4, -0.2) is 14.5 Å². The number of carbonyl (C=O) groups excluding carboxylic acids is 1. The lowest BCUT2D eigenvalue weighted by Crippen LogP contribution is -2.01. The SMILES string of the molecule is N#Cc1ccccc1CS(=O)(=O)N=C=O. The van der Waals surface area contributed by atoms with Gasteiger partial charge in [-0.2, -0.15) is 5.26 Å². The summed E-state index contributed by atoms with van der Waals surface area (Å²) in [4.78, 5) is 9.83. The molecule has 0 heterocycles. The molecule has 0 bridgehead atoms. The summed E-state index contributed by atoms with van der Waals surface area (Å²) in [6.07, 6.45) is 0.970. The summed E-state index contributed by atoms with van der Waals surface area (Å²) in [6, 6.07) is 8.08. The first-order chi connectivity index (χ1) is 7.09. The molecule has 0 amide bonds. The second kappa shape index (κ2) is 4.51. The molecule has 1 aromatic carbocycles. The van der Waals surface area contributed by atoms with Crippen molar-refractivity contribution in [3.63, 3.8) is 0 Å². The quantitative estimate of drug-likeness (QED) is 0.557. The van der Waals surface area contributed by atoms with Gasteiger partial charge in [0.15, 0.2) is 0 Å². The Morgan fingerprint density at radius 1 is 1.33 bits per heavy atom. The van der Waals surface area contributed by atoms with E-state index in [0.717, 1.165) is 6.08 Å². The molecule has 0 spiro atoms. The second-order valence-corrected chi connectivity index (χ2v) is 4.31. The molecule has 0 radical (unpaired) electrons. The molecule has 1 rings (SSSR count). The van der Waals surface area contributed by atoms with Gasteiger partial charge in [0.2, 0.25) is 0 Å². The van der Waals surface area contributed by atoms with E-state index >= 15 is 0 Å². The molecule has 1 aromatic rings. The van der Waals surface area contributed by atoms with Gasteiger partial charge in [0.25, 0.3) is 16.1 Å². The Kier molecular flexibility index (Phi) is 3.34. The van der Waals surface area contributed by atoms with Gasteiger partial charge in [-0.05, 0) is 11.6 Å². The molecule has 0 aliphatic carbocycles. The summed E-state index contributed by atoms with van der Waals surface area (Å²) in [5, 5.41) is 8.69. The van der Waals surface area contributed by atoms with E-state index in [1.54, 1.807) is 12.1 Å². The zero-order valence-electron chi connectivity index (χ0n) is 7.54. The van der Waals surface area contributed by atoms with Gasteiger partial charge in [0.05, 0.1) is 17.4 Å². The highest BCUT2D eigenvalue weighted by atomic mass is 32.2. The molecule has 0 unspecified atom stereocenters. The topological polar surface area (TPSA) is 87.4 Å². The average molecular weight is 222 g/mol. The third kappa shape index (κ3) is 3.02.